The van der Waals surface area contributed by atoms with Crippen LogP contribution in [0.2, 0.25) is 0 Å². The lowest BCUT2D eigenvalue weighted by molar-refractivity contribution is -0.158. The second-order valence-corrected chi connectivity index (χ2v) is 10.7. The maximum Gasteiger partial charge on any atom is 0.313 e. The first-order valence-corrected chi connectivity index (χ1v) is 14.0. The molecule has 10 nitrogen and oxygen atoms in total. The predicted octanol–water partition coefficient (Wildman–Crippen LogP) is 1.33. The first kappa shape index (κ1) is 28.3. The Bertz CT molecular complexity index is 966. The lowest BCUT2D eigenvalue weighted by Gasteiger charge is -2.36. The third-order valence-electron chi connectivity index (χ3n) is 7.96. The highest BCUT2D eigenvalue weighted by Gasteiger charge is 2.73. The highest BCUT2D eigenvalue weighted by Crippen LogP contribution is 2.55. The molecule has 0 aromatic carbocycles. The van der Waals surface area contributed by atoms with Crippen molar-refractivity contribution in [3.8, 4) is 0 Å². The standard InChI is InChI=1S/C28H41N3O7/c1-3-4-7-14-30-15-8-5-6-11-21(33)29-18-19(2)37-27(36)22-20-12-13-28(38-20)23(22)25(34)31(16-9-10-17-32)24(28)26(30)35/h5,8,12-13,19-20,22-24,32H,3-4,6-7,9-11,14-18H2,1-2H3,(H,29,33)/b8-5-/t19-,20+,22-,23-,24+,28-/m0/s1. The van der Waals surface area contributed by atoms with Gasteiger partial charge < -0.3 is 29.7 Å². The molecular weight excluding hydrogens is 490 g/mol. The van der Waals surface area contributed by atoms with Gasteiger partial charge in [-0.25, -0.2) is 0 Å². The van der Waals surface area contributed by atoms with E-state index in [4.69, 9.17) is 9.47 Å². The van der Waals surface area contributed by atoms with E-state index in [0.717, 1.165) is 19.3 Å². The van der Waals surface area contributed by atoms with Gasteiger partial charge in [0.25, 0.3) is 0 Å². The van der Waals surface area contributed by atoms with Crippen molar-refractivity contribution in [3.63, 3.8) is 0 Å². The van der Waals surface area contributed by atoms with Crippen LogP contribution in [0.3, 0.4) is 0 Å². The minimum atomic E-state index is -1.24. The number of aliphatic hydroxyl groups excluding tert-OH is 1. The second-order valence-electron chi connectivity index (χ2n) is 10.7. The number of unbranched alkanes of at least 4 members (excludes halogenated alkanes) is 3. The van der Waals surface area contributed by atoms with Crippen LogP contribution in [0.5, 0.6) is 0 Å². The molecule has 1 spiro atoms. The summed E-state index contributed by atoms with van der Waals surface area (Å²) in [5, 5.41) is 12.1. The van der Waals surface area contributed by atoms with E-state index >= 15 is 0 Å². The molecule has 0 aromatic heterocycles. The molecule has 0 aliphatic carbocycles. The number of hydrogen-bond acceptors (Lipinski definition) is 7. The van der Waals surface area contributed by atoms with Crippen molar-refractivity contribution in [1.82, 2.24) is 15.1 Å². The number of ether oxygens (including phenoxy) is 2. The van der Waals surface area contributed by atoms with Crippen LogP contribution in [-0.4, -0.2) is 95.2 Å². The minimum absolute atomic E-state index is 0.00892. The van der Waals surface area contributed by atoms with E-state index in [1.54, 1.807) is 28.9 Å². The molecule has 2 fully saturated rings. The molecule has 38 heavy (non-hydrogen) atoms. The molecule has 4 aliphatic rings. The monoisotopic (exact) mass is 531 g/mol. The highest BCUT2D eigenvalue weighted by atomic mass is 16.6. The number of likely N-dealkylation sites (tertiary alicyclic amines) is 1. The second kappa shape index (κ2) is 12.4. The van der Waals surface area contributed by atoms with Crippen LogP contribution in [-0.2, 0) is 28.7 Å². The number of esters is 1. The number of amides is 3. The molecule has 2 N–H and O–H groups in total. The van der Waals surface area contributed by atoms with E-state index in [1.807, 2.05) is 12.2 Å². The number of cyclic esters (lactones) is 1. The van der Waals surface area contributed by atoms with Crippen LogP contribution in [0.1, 0.15) is 58.8 Å². The molecule has 2 saturated heterocycles. The number of nitrogens with one attached hydrogen (secondary N) is 1. The van der Waals surface area contributed by atoms with Gasteiger partial charge in [-0.1, -0.05) is 44.1 Å². The van der Waals surface area contributed by atoms with Crippen LogP contribution in [0.4, 0.5) is 0 Å². The van der Waals surface area contributed by atoms with E-state index in [-0.39, 0.29) is 30.9 Å². The number of carbonyl (C=O) groups is 4. The van der Waals surface area contributed by atoms with Gasteiger partial charge in [-0.3, -0.25) is 19.2 Å². The average Bonchev–Trinajstić information content (AvgIpc) is 3.53. The Morgan fingerprint density at radius 1 is 1.08 bits per heavy atom. The zero-order chi connectivity index (χ0) is 27.3. The fourth-order valence-corrected chi connectivity index (χ4v) is 6.07. The molecular formula is C28H41N3O7. The summed E-state index contributed by atoms with van der Waals surface area (Å²) in [6.07, 6.45) is 10.8. The Morgan fingerprint density at radius 2 is 1.87 bits per heavy atom. The van der Waals surface area contributed by atoms with Crippen molar-refractivity contribution < 1.29 is 33.8 Å². The molecule has 0 aromatic rings. The summed E-state index contributed by atoms with van der Waals surface area (Å²) in [7, 11) is 0. The van der Waals surface area contributed by atoms with Crippen molar-refractivity contribution in [3.05, 3.63) is 24.3 Å². The first-order chi connectivity index (χ1) is 18.3. The normalized spacial score (nSPS) is 34.4. The van der Waals surface area contributed by atoms with E-state index in [9.17, 15) is 24.3 Å². The molecule has 210 valence electrons. The largest absolute Gasteiger partial charge is 0.460 e. The van der Waals surface area contributed by atoms with Gasteiger partial charge in [-0.2, -0.15) is 0 Å². The smallest absolute Gasteiger partial charge is 0.313 e. The van der Waals surface area contributed by atoms with Gasteiger partial charge in [-0.15, -0.1) is 0 Å². The number of rotatable bonds is 8. The topological polar surface area (TPSA) is 125 Å². The van der Waals surface area contributed by atoms with Gasteiger partial charge >= 0.3 is 5.97 Å². The fourth-order valence-electron chi connectivity index (χ4n) is 6.07. The Morgan fingerprint density at radius 3 is 2.63 bits per heavy atom. The summed E-state index contributed by atoms with van der Waals surface area (Å²) in [4.78, 5) is 57.1. The van der Waals surface area contributed by atoms with E-state index in [0.29, 0.717) is 45.3 Å². The number of allylic oxidation sites excluding steroid dienone is 1. The molecule has 0 unspecified atom stereocenters. The summed E-state index contributed by atoms with van der Waals surface area (Å²) in [6, 6.07) is -0.899. The van der Waals surface area contributed by atoms with E-state index in [1.165, 1.54) is 0 Å². The quantitative estimate of drug-likeness (QED) is 0.275. The molecule has 0 radical (unpaired) electrons. The molecule has 4 rings (SSSR count). The molecule has 0 saturated carbocycles. The number of aliphatic hydroxyl groups is 1. The van der Waals surface area contributed by atoms with Gasteiger partial charge in [0.15, 0.2) is 0 Å². The Kier molecular flexibility index (Phi) is 9.25. The lowest BCUT2D eigenvalue weighted by Crippen LogP contribution is -2.56. The van der Waals surface area contributed by atoms with Crippen molar-refractivity contribution in [1.29, 1.82) is 0 Å². The van der Waals surface area contributed by atoms with Crippen molar-refractivity contribution in [2.24, 2.45) is 11.8 Å². The summed E-state index contributed by atoms with van der Waals surface area (Å²) >= 11 is 0. The minimum Gasteiger partial charge on any atom is -0.460 e. The molecule has 4 heterocycles. The maximum atomic E-state index is 14.2. The molecule has 3 amide bonds. The van der Waals surface area contributed by atoms with Crippen molar-refractivity contribution in [2.45, 2.75) is 82.6 Å². The van der Waals surface area contributed by atoms with Crippen molar-refractivity contribution >= 4 is 23.7 Å². The zero-order valence-corrected chi connectivity index (χ0v) is 22.5. The third kappa shape index (κ3) is 5.52. The SMILES string of the molecule is CCCCCN1C/C=C\CCC(=O)NC[C@H](C)OC(=O)[C@@H]2[C@H]3C(=O)N(CCCCO)[C@H](C1=O)[C@]31C=C[C@H]2O1. The summed E-state index contributed by atoms with van der Waals surface area (Å²) in [5.41, 5.74) is -1.24. The Labute approximate surface area is 224 Å². The summed E-state index contributed by atoms with van der Waals surface area (Å²) in [5.74, 6) is -2.93. The number of nitrogens with zero attached hydrogens (tertiary/aromatic N) is 2. The number of hydrogen-bond donors (Lipinski definition) is 2. The van der Waals surface area contributed by atoms with Crippen LogP contribution in [0, 0.1) is 11.8 Å². The van der Waals surface area contributed by atoms with E-state index < -0.39 is 41.7 Å². The Hall–Kier alpha value is -2.72. The van der Waals surface area contributed by atoms with Crippen LogP contribution in [0.15, 0.2) is 24.3 Å². The highest BCUT2D eigenvalue weighted by molar-refractivity contribution is 5.99. The molecule has 10 heteroatoms. The van der Waals surface area contributed by atoms with Gasteiger partial charge in [0.1, 0.15) is 23.7 Å². The summed E-state index contributed by atoms with van der Waals surface area (Å²) < 4.78 is 12.0. The fraction of sp³-hybridized carbons (Fsp3) is 0.714. The maximum absolute atomic E-state index is 14.2. The van der Waals surface area contributed by atoms with Gasteiger partial charge in [0.2, 0.25) is 17.7 Å². The van der Waals surface area contributed by atoms with Crippen molar-refractivity contribution in [2.75, 3.05) is 32.8 Å². The van der Waals surface area contributed by atoms with E-state index in [2.05, 4.69) is 12.2 Å². The number of carbonyl (C=O) groups excluding carboxylic acids is 4. The number of fused-ring (bicyclic) bond motifs is 2. The predicted molar refractivity (Wildman–Crippen MR) is 139 cm³/mol. The summed E-state index contributed by atoms with van der Waals surface area (Å²) in [6.45, 7) is 5.14. The van der Waals surface area contributed by atoms with Crippen LogP contribution in [0.25, 0.3) is 0 Å². The molecule has 5 bridgehead atoms. The molecule has 4 aliphatic heterocycles. The van der Waals surface area contributed by atoms with Gasteiger partial charge in [0, 0.05) is 32.7 Å². The third-order valence-corrected chi connectivity index (χ3v) is 7.96. The zero-order valence-electron chi connectivity index (χ0n) is 22.5. The lowest BCUT2D eigenvalue weighted by atomic mass is 9.74. The molecule has 6 atom stereocenters. The Balaban J connectivity index is 1.71. The van der Waals surface area contributed by atoms with Crippen LogP contribution >= 0.6 is 0 Å². The van der Waals surface area contributed by atoms with Crippen LogP contribution < -0.4 is 5.32 Å². The van der Waals surface area contributed by atoms with Gasteiger partial charge in [0.05, 0.1) is 18.6 Å². The average molecular weight is 532 g/mol. The first-order valence-electron chi connectivity index (χ1n) is 14.0. The van der Waals surface area contributed by atoms with Gasteiger partial charge in [-0.05, 0) is 32.6 Å².